The van der Waals surface area contributed by atoms with E-state index in [-0.39, 0.29) is 5.91 Å². The van der Waals surface area contributed by atoms with E-state index in [4.69, 9.17) is 16.6 Å². The van der Waals surface area contributed by atoms with Gasteiger partial charge >= 0.3 is 0 Å². The maximum atomic E-state index is 12.0. The van der Waals surface area contributed by atoms with Crippen molar-refractivity contribution in [3.8, 4) is 0 Å². The van der Waals surface area contributed by atoms with E-state index in [1.165, 1.54) is 11.1 Å². The Morgan fingerprint density at radius 1 is 1.10 bits per heavy atom. The van der Waals surface area contributed by atoms with Crippen molar-refractivity contribution in [3.63, 3.8) is 0 Å². The topological polar surface area (TPSA) is 56.7 Å². The zero-order valence-electron chi connectivity index (χ0n) is 17.0. The first-order chi connectivity index (χ1) is 14.2. The number of carbonyl (C=O) groups is 1. The van der Waals surface area contributed by atoms with Crippen molar-refractivity contribution in [1.82, 2.24) is 15.5 Å². The fraction of sp³-hybridized carbons (Fsp3) is 0.391. The molecule has 1 heterocycles. The van der Waals surface area contributed by atoms with Crippen molar-refractivity contribution < 1.29 is 4.79 Å². The second-order valence-electron chi connectivity index (χ2n) is 7.19. The lowest BCUT2D eigenvalue weighted by molar-refractivity contribution is -0.128. The number of carbonyl (C=O) groups excluding carboxylic acids is 1. The lowest BCUT2D eigenvalue weighted by Gasteiger charge is -2.18. The lowest BCUT2D eigenvalue weighted by Crippen LogP contribution is -2.38. The van der Waals surface area contributed by atoms with E-state index in [1.54, 1.807) is 0 Å². The predicted octanol–water partition coefficient (Wildman–Crippen LogP) is 3.76. The molecule has 0 aromatic heterocycles. The van der Waals surface area contributed by atoms with E-state index in [0.717, 1.165) is 49.0 Å². The Hall–Kier alpha value is -2.53. The van der Waals surface area contributed by atoms with Gasteiger partial charge in [-0.3, -0.25) is 4.79 Å². The molecule has 2 N–H and O–H groups in total. The van der Waals surface area contributed by atoms with Crippen molar-refractivity contribution in [2.24, 2.45) is 4.99 Å². The Labute approximate surface area is 178 Å². The number of benzene rings is 2. The fourth-order valence-corrected chi connectivity index (χ4v) is 3.55. The van der Waals surface area contributed by atoms with Crippen LogP contribution in [-0.2, 0) is 24.3 Å². The third-order valence-corrected chi connectivity index (χ3v) is 5.27. The maximum absolute atomic E-state index is 12.0. The number of hydrogen-bond donors (Lipinski definition) is 2. The maximum Gasteiger partial charge on any atom is 0.222 e. The molecule has 1 aliphatic rings. The second-order valence-corrected chi connectivity index (χ2v) is 7.62. The molecule has 1 amide bonds. The molecule has 6 heteroatoms. The normalized spacial score (nSPS) is 14.3. The van der Waals surface area contributed by atoms with Gasteiger partial charge in [0, 0.05) is 37.6 Å². The number of aliphatic imine (C=N–C) groups is 1. The molecule has 0 radical (unpaired) electrons. The molecule has 2 aromatic carbocycles. The van der Waals surface area contributed by atoms with E-state index in [2.05, 4.69) is 29.7 Å². The lowest BCUT2D eigenvalue weighted by atomic mass is 10.1. The van der Waals surface area contributed by atoms with Crippen LogP contribution >= 0.6 is 11.6 Å². The summed E-state index contributed by atoms with van der Waals surface area (Å²) in [5, 5.41) is 7.45. The average molecular weight is 413 g/mol. The first kappa shape index (κ1) is 21.2. The van der Waals surface area contributed by atoms with Crippen LogP contribution in [0, 0.1) is 0 Å². The van der Waals surface area contributed by atoms with E-state index in [0.29, 0.717) is 19.5 Å². The SMILES string of the molecule is CCNC(=NCc1ccccc1CN1CCCC1=O)NCCc1ccc(Cl)cc1. The second kappa shape index (κ2) is 10.9. The van der Waals surface area contributed by atoms with Crippen LogP contribution in [-0.4, -0.2) is 36.4 Å². The van der Waals surface area contributed by atoms with Crippen LogP contribution in [0.4, 0.5) is 0 Å². The zero-order chi connectivity index (χ0) is 20.5. The third-order valence-electron chi connectivity index (χ3n) is 5.02. The molecule has 29 heavy (non-hydrogen) atoms. The van der Waals surface area contributed by atoms with Crippen LogP contribution in [0.15, 0.2) is 53.5 Å². The molecule has 5 nitrogen and oxygen atoms in total. The fourth-order valence-electron chi connectivity index (χ4n) is 3.43. The number of likely N-dealkylation sites (tertiary alicyclic amines) is 1. The van der Waals surface area contributed by atoms with Gasteiger partial charge in [0.25, 0.3) is 0 Å². The molecule has 1 saturated heterocycles. The number of nitrogens with one attached hydrogen (secondary N) is 2. The molecule has 0 spiro atoms. The minimum Gasteiger partial charge on any atom is -0.357 e. The van der Waals surface area contributed by atoms with Crippen LogP contribution in [0.3, 0.4) is 0 Å². The minimum atomic E-state index is 0.250. The zero-order valence-corrected chi connectivity index (χ0v) is 17.7. The van der Waals surface area contributed by atoms with Gasteiger partial charge < -0.3 is 15.5 Å². The van der Waals surface area contributed by atoms with Crippen molar-refractivity contribution in [3.05, 3.63) is 70.2 Å². The summed E-state index contributed by atoms with van der Waals surface area (Å²) in [6, 6.07) is 16.2. The molecular formula is C23H29ClN4O. The highest BCUT2D eigenvalue weighted by Crippen LogP contribution is 2.18. The van der Waals surface area contributed by atoms with Gasteiger partial charge in [0.05, 0.1) is 6.54 Å². The molecular weight excluding hydrogens is 384 g/mol. The molecule has 3 rings (SSSR count). The summed E-state index contributed by atoms with van der Waals surface area (Å²) < 4.78 is 0. The molecule has 154 valence electrons. The number of rotatable bonds is 8. The Morgan fingerprint density at radius 3 is 2.55 bits per heavy atom. The summed E-state index contributed by atoms with van der Waals surface area (Å²) in [7, 11) is 0. The highest BCUT2D eigenvalue weighted by molar-refractivity contribution is 6.30. The molecule has 1 aliphatic heterocycles. The summed E-state index contributed by atoms with van der Waals surface area (Å²) in [5.74, 6) is 1.05. The Morgan fingerprint density at radius 2 is 1.86 bits per heavy atom. The highest BCUT2D eigenvalue weighted by Gasteiger charge is 2.20. The number of halogens is 1. The number of nitrogens with zero attached hydrogens (tertiary/aromatic N) is 2. The van der Waals surface area contributed by atoms with Gasteiger partial charge in [-0.2, -0.15) is 0 Å². The van der Waals surface area contributed by atoms with Crippen LogP contribution in [0.25, 0.3) is 0 Å². The van der Waals surface area contributed by atoms with Gasteiger partial charge in [0.2, 0.25) is 5.91 Å². The summed E-state index contributed by atoms with van der Waals surface area (Å²) >= 11 is 5.94. The summed E-state index contributed by atoms with van der Waals surface area (Å²) in [6.07, 6.45) is 2.53. The van der Waals surface area contributed by atoms with Gasteiger partial charge in [-0.05, 0) is 48.6 Å². The monoisotopic (exact) mass is 412 g/mol. The smallest absolute Gasteiger partial charge is 0.222 e. The van der Waals surface area contributed by atoms with E-state index in [9.17, 15) is 4.79 Å². The van der Waals surface area contributed by atoms with Crippen molar-refractivity contribution in [2.75, 3.05) is 19.6 Å². The summed E-state index contributed by atoms with van der Waals surface area (Å²) in [5.41, 5.74) is 3.56. The van der Waals surface area contributed by atoms with E-state index >= 15 is 0 Å². The van der Waals surface area contributed by atoms with Crippen molar-refractivity contribution >= 4 is 23.5 Å². The Bertz CT molecular complexity index is 835. The van der Waals surface area contributed by atoms with Crippen LogP contribution in [0.5, 0.6) is 0 Å². The summed E-state index contributed by atoms with van der Waals surface area (Å²) in [6.45, 7) is 5.75. The quantitative estimate of drug-likeness (QED) is 0.512. The number of hydrogen-bond acceptors (Lipinski definition) is 2. The van der Waals surface area contributed by atoms with E-state index in [1.807, 2.05) is 41.3 Å². The van der Waals surface area contributed by atoms with Crippen molar-refractivity contribution in [1.29, 1.82) is 0 Å². The molecule has 0 atom stereocenters. The van der Waals surface area contributed by atoms with Gasteiger partial charge in [0.15, 0.2) is 5.96 Å². The molecule has 0 saturated carbocycles. The first-order valence-electron chi connectivity index (χ1n) is 10.3. The van der Waals surface area contributed by atoms with Crippen LogP contribution in [0.2, 0.25) is 5.02 Å². The minimum absolute atomic E-state index is 0.250. The van der Waals surface area contributed by atoms with Crippen molar-refractivity contribution in [2.45, 2.75) is 39.3 Å². The molecule has 0 unspecified atom stereocenters. The molecule has 0 aliphatic carbocycles. The molecule has 1 fully saturated rings. The van der Waals surface area contributed by atoms with Crippen LogP contribution in [0.1, 0.15) is 36.5 Å². The molecule has 2 aromatic rings. The van der Waals surface area contributed by atoms with E-state index < -0.39 is 0 Å². The standard InChI is InChI=1S/C23H29ClN4O/c1-2-25-23(26-14-13-18-9-11-21(24)12-10-18)27-16-19-6-3-4-7-20(19)17-28-15-5-8-22(28)29/h3-4,6-7,9-12H,2,5,8,13-17H2,1H3,(H2,25,26,27). The van der Waals surface area contributed by atoms with Gasteiger partial charge in [-0.15, -0.1) is 0 Å². The molecule has 0 bridgehead atoms. The predicted molar refractivity (Wildman–Crippen MR) is 119 cm³/mol. The Balaban J connectivity index is 1.59. The number of amides is 1. The van der Waals surface area contributed by atoms with Gasteiger partial charge in [-0.1, -0.05) is 48.0 Å². The van der Waals surface area contributed by atoms with Gasteiger partial charge in [0.1, 0.15) is 0 Å². The average Bonchev–Trinajstić information content (AvgIpc) is 3.13. The van der Waals surface area contributed by atoms with Crippen LogP contribution < -0.4 is 10.6 Å². The largest absolute Gasteiger partial charge is 0.357 e. The van der Waals surface area contributed by atoms with Gasteiger partial charge in [-0.25, -0.2) is 4.99 Å². The number of guanidine groups is 1. The Kier molecular flexibility index (Phi) is 7.94. The highest BCUT2D eigenvalue weighted by atomic mass is 35.5. The first-order valence-corrected chi connectivity index (χ1v) is 10.6. The summed E-state index contributed by atoms with van der Waals surface area (Å²) in [4.78, 5) is 18.7. The third kappa shape index (κ3) is 6.50.